The fraction of sp³-hybridized carbons (Fsp3) is 0.143. The van der Waals surface area contributed by atoms with E-state index in [1.54, 1.807) is 0 Å². The number of rotatable bonds is 1. The molecule has 0 amide bonds. The van der Waals surface area contributed by atoms with Crippen molar-refractivity contribution in [3.05, 3.63) is 34.3 Å². The molecule has 0 fully saturated rings. The summed E-state index contributed by atoms with van der Waals surface area (Å²) in [5.74, 6) is 0. The van der Waals surface area contributed by atoms with E-state index in [9.17, 15) is 0 Å². The Kier molecular flexibility index (Phi) is 4.69. The molecule has 1 aromatic carbocycles. The van der Waals surface area contributed by atoms with Crippen molar-refractivity contribution in [3.8, 4) is 0 Å². The van der Waals surface area contributed by atoms with Gasteiger partial charge in [-0.1, -0.05) is 34.1 Å². The van der Waals surface area contributed by atoms with Gasteiger partial charge in [0.15, 0.2) is 0 Å². The Balaban J connectivity index is 0.000000810. The standard InChI is InChI=1S/C7H8BrN.ClH/c8-7-4-2-1-3-6(7)5-9;/h1-4H,5,9H2;1H. The molecule has 0 aromatic heterocycles. The zero-order valence-corrected chi connectivity index (χ0v) is 7.82. The van der Waals surface area contributed by atoms with Gasteiger partial charge in [0.2, 0.25) is 0 Å². The van der Waals surface area contributed by atoms with Crippen LogP contribution in [0.1, 0.15) is 5.56 Å². The van der Waals surface area contributed by atoms with E-state index in [4.69, 9.17) is 0 Å². The molecule has 0 radical (unpaired) electrons. The van der Waals surface area contributed by atoms with Crippen LogP contribution >= 0.6 is 15.9 Å². The molecule has 0 saturated heterocycles. The molecule has 1 rings (SSSR count). The zero-order valence-electron chi connectivity index (χ0n) is 5.48. The van der Waals surface area contributed by atoms with E-state index in [-0.39, 0.29) is 12.4 Å². The maximum absolute atomic E-state index is 3.79. The lowest BCUT2D eigenvalue weighted by Crippen LogP contribution is -3.00. The summed E-state index contributed by atoms with van der Waals surface area (Å²) in [6, 6.07) is 8.12. The van der Waals surface area contributed by atoms with Crippen molar-refractivity contribution < 1.29 is 18.1 Å². The van der Waals surface area contributed by atoms with Gasteiger partial charge in [0.1, 0.15) is 6.54 Å². The Hall–Kier alpha value is -0.0500. The molecule has 1 nitrogen and oxygen atoms in total. The Morgan fingerprint density at radius 2 is 1.90 bits per heavy atom. The monoisotopic (exact) mass is 221 g/mol. The Labute approximate surface area is 75.2 Å². The summed E-state index contributed by atoms with van der Waals surface area (Å²) in [7, 11) is 0. The molecular formula is C7H9BrClN. The predicted octanol–water partition coefficient (Wildman–Crippen LogP) is -1.80. The lowest BCUT2D eigenvalue weighted by molar-refractivity contribution is -0.386. The van der Waals surface area contributed by atoms with Gasteiger partial charge in [-0.3, -0.25) is 0 Å². The molecular weight excluding hydrogens is 213 g/mol. The summed E-state index contributed by atoms with van der Waals surface area (Å²) in [5.41, 5.74) is 5.05. The summed E-state index contributed by atoms with van der Waals surface area (Å²) in [6.45, 7) is 0.849. The van der Waals surface area contributed by atoms with E-state index in [0.717, 1.165) is 11.0 Å². The number of benzene rings is 1. The smallest absolute Gasteiger partial charge is 0.101 e. The second-order valence-corrected chi connectivity index (χ2v) is 2.70. The van der Waals surface area contributed by atoms with E-state index in [2.05, 4.69) is 27.7 Å². The highest BCUT2D eigenvalue weighted by atomic mass is 79.9. The second-order valence-electron chi connectivity index (χ2n) is 1.84. The van der Waals surface area contributed by atoms with Gasteiger partial charge in [0.25, 0.3) is 0 Å². The first-order valence-electron chi connectivity index (χ1n) is 2.87. The molecule has 0 saturated carbocycles. The number of hydrogen-bond acceptors (Lipinski definition) is 0. The highest BCUT2D eigenvalue weighted by Gasteiger charge is 1.93. The van der Waals surface area contributed by atoms with Crippen LogP contribution in [-0.4, -0.2) is 0 Å². The summed E-state index contributed by atoms with van der Waals surface area (Å²) >= 11 is 3.42. The normalized spacial score (nSPS) is 8.60. The van der Waals surface area contributed by atoms with E-state index < -0.39 is 0 Å². The fourth-order valence-electron chi connectivity index (χ4n) is 0.701. The molecule has 0 unspecified atom stereocenters. The van der Waals surface area contributed by atoms with Crippen molar-refractivity contribution in [1.82, 2.24) is 0 Å². The van der Waals surface area contributed by atoms with Crippen molar-refractivity contribution in [2.45, 2.75) is 6.54 Å². The minimum Gasteiger partial charge on any atom is -1.00 e. The molecule has 0 bridgehead atoms. The van der Waals surface area contributed by atoms with Crippen LogP contribution in [0.3, 0.4) is 0 Å². The SMILES string of the molecule is [Cl-].[NH3+]Cc1ccccc1Br. The summed E-state index contributed by atoms with van der Waals surface area (Å²) in [6.07, 6.45) is 0. The highest BCUT2D eigenvalue weighted by molar-refractivity contribution is 9.10. The summed E-state index contributed by atoms with van der Waals surface area (Å²) < 4.78 is 1.15. The van der Waals surface area contributed by atoms with Crippen LogP contribution in [0.25, 0.3) is 0 Å². The Bertz CT molecular complexity index is 203. The van der Waals surface area contributed by atoms with Gasteiger partial charge >= 0.3 is 0 Å². The highest BCUT2D eigenvalue weighted by Crippen LogP contribution is 2.13. The lowest BCUT2D eigenvalue weighted by Gasteiger charge is -1.94. The van der Waals surface area contributed by atoms with Crippen LogP contribution in [0.2, 0.25) is 0 Å². The quantitative estimate of drug-likeness (QED) is 0.581. The van der Waals surface area contributed by atoms with Gasteiger partial charge in [-0.05, 0) is 6.07 Å². The van der Waals surface area contributed by atoms with Gasteiger partial charge in [-0.15, -0.1) is 0 Å². The Morgan fingerprint density at radius 3 is 2.30 bits per heavy atom. The average molecular weight is 223 g/mol. The molecule has 0 aliphatic carbocycles. The molecule has 0 aliphatic heterocycles. The van der Waals surface area contributed by atoms with Crippen molar-refractivity contribution in [2.75, 3.05) is 0 Å². The maximum atomic E-state index is 3.79. The van der Waals surface area contributed by atoms with Crippen LogP contribution < -0.4 is 18.1 Å². The molecule has 0 heterocycles. The third-order valence-corrected chi connectivity index (χ3v) is 2.00. The van der Waals surface area contributed by atoms with Gasteiger partial charge in [0, 0.05) is 10.0 Å². The van der Waals surface area contributed by atoms with Crippen LogP contribution in [0.15, 0.2) is 28.7 Å². The summed E-state index contributed by atoms with van der Waals surface area (Å²) in [5, 5.41) is 0. The molecule has 1 aromatic rings. The molecule has 10 heavy (non-hydrogen) atoms. The second kappa shape index (κ2) is 4.72. The van der Waals surface area contributed by atoms with Gasteiger partial charge in [-0.2, -0.15) is 0 Å². The Morgan fingerprint density at radius 1 is 1.30 bits per heavy atom. The van der Waals surface area contributed by atoms with Crippen LogP contribution in [-0.2, 0) is 6.54 Å². The largest absolute Gasteiger partial charge is 1.00 e. The molecule has 0 atom stereocenters. The first kappa shape index (κ1) is 9.95. The van der Waals surface area contributed by atoms with Gasteiger partial charge < -0.3 is 18.1 Å². The first-order chi connectivity index (χ1) is 4.34. The zero-order chi connectivity index (χ0) is 6.69. The minimum atomic E-state index is 0. The topological polar surface area (TPSA) is 27.6 Å². The van der Waals surface area contributed by atoms with Gasteiger partial charge in [0.05, 0.1) is 0 Å². The van der Waals surface area contributed by atoms with Crippen molar-refractivity contribution in [1.29, 1.82) is 0 Å². The minimum absolute atomic E-state index is 0. The van der Waals surface area contributed by atoms with E-state index in [1.807, 2.05) is 18.2 Å². The first-order valence-corrected chi connectivity index (χ1v) is 3.66. The molecule has 3 heteroatoms. The predicted molar refractivity (Wildman–Crippen MR) is 40.7 cm³/mol. The van der Waals surface area contributed by atoms with Crippen LogP contribution in [0.5, 0.6) is 0 Å². The van der Waals surface area contributed by atoms with Crippen LogP contribution in [0, 0.1) is 0 Å². The van der Waals surface area contributed by atoms with Crippen molar-refractivity contribution >= 4 is 15.9 Å². The van der Waals surface area contributed by atoms with E-state index in [0.29, 0.717) is 0 Å². The summed E-state index contributed by atoms with van der Waals surface area (Å²) in [4.78, 5) is 0. The fourth-order valence-corrected chi connectivity index (χ4v) is 1.18. The maximum Gasteiger partial charge on any atom is 0.101 e. The molecule has 56 valence electrons. The van der Waals surface area contributed by atoms with Crippen LogP contribution in [0.4, 0.5) is 0 Å². The molecule has 0 aliphatic rings. The lowest BCUT2D eigenvalue weighted by atomic mass is 10.2. The van der Waals surface area contributed by atoms with Crippen molar-refractivity contribution in [2.24, 2.45) is 0 Å². The molecule has 3 N–H and O–H groups in total. The number of halogens is 2. The van der Waals surface area contributed by atoms with Crippen molar-refractivity contribution in [3.63, 3.8) is 0 Å². The van der Waals surface area contributed by atoms with Gasteiger partial charge in [-0.25, -0.2) is 0 Å². The van der Waals surface area contributed by atoms with E-state index >= 15 is 0 Å². The van der Waals surface area contributed by atoms with E-state index in [1.165, 1.54) is 5.56 Å². The number of hydrogen-bond donors (Lipinski definition) is 1. The molecule has 0 spiro atoms. The third kappa shape index (κ3) is 2.29. The number of quaternary nitrogens is 1. The average Bonchev–Trinajstić information content (AvgIpc) is 1.89. The third-order valence-electron chi connectivity index (χ3n) is 1.23.